The minimum Gasteiger partial charge on any atom is -0.316 e. The van der Waals surface area contributed by atoms with Gasteiger partial charge in [-0.25, -0.2) is 0 Å². The van der Waals surface area contributed by atoms with Crippen molar-refractivity contribution < 1.29 is 4.21 Å². The van der Waals surface area contributed by atoms with Crippen molar-refractivity contribution in [3.8, 4) is 0 Å². The molecule has 1 saturated heterocycles. The second-order valence-corrected chi connectivity index (χ2v) is 7.22. The Morgan fingerprint density at radius 2 is 2.31 bits per heavy atom. The summed E-state index contributed by atoms with van der Waals surface area (Å²) in [7, 11) is -1.69. The van der Waals surface area contributed by atoms with Crippen LogP contribution >= 0.6 is 0 Å². The topological polar surface area (TPSA) is 29.1 Å². The SMILES string of the molecule is C=S1(=O)CCC(CNCC(C)C)C1. The molecule has 1 aliphatic heterocycles. The summed E-state index contributed by atoms with van der Waals surface area (Å²) in [6, 6.07) is 0. The molecule has 0 radical (unpaired) electrons. The molecule has 2 atom stereocenters. The van der Waals surface area contributed by atoms with Gasteiger partial charge in [-0.05, 0) is 46.7 Å². The lowest BCUT2D eigenvalue weighted by Gasteiger charge is -2.11. The Balaban J connectivity index is 2.18. The summed E-state index contributed by atoms with van der Waals surface area (Å²) in [5.74, 6) is 6.73. The zero-order valence-corrected chi connectivity index (χ0v) is 9.53. The van der Waals surface area contributed by atoms with Crippen LogP contribution in [-0.4, -0.2) is 34.7 Å². The molecule has 2 nitrogen and oxygen atoms in total. The van der Waals surface area contributed by atoms with Crippen LogP contribution in [0.25, 0.3) is 0 Å². The van der Waals surface area contributed by atoms with Crippen molar-refractivity contribution in [1.29, 1.82) is 0 Å². The molecule has 1 N–H and O–H groups in total. The van der Waals surface area contributed by atoms with Crippen LogP contribution in [0.4, 0.5) is 0 Å². The summed E-state index contributed by atoms with van der Waals surface area (Å²) in [5, 5.41) is 3.41. The summed E-state index contributed by atoms with van der Waals surface area (Å²) < 4.78 is 11.6. The fraction of sp³-hybridized carbons (Fsp3) is 0.900. The smallest absolute Gasteiger partial charge is 0.0199 e. The standard InChI is InChI=1S/C10H21NOS/c1-9(2)6-11-7-10-4-5-13(3,12)8-10/h9-11H,3-8H2,1-2H3. The minimum atomic E-state index is -1.69. The molecular formula is C10H21NOS. The summed E-state index contributed by atoms with van der Waals surface area (Å²) in [6.45, 7) is 6.48. The Morgan fingerprint density at radius 3 is 2.77 bits per heavy atom. The predicted octanol–water partition coefficient (Wildman–Crippen LogP) is 0.968. The molecule has 78 valence electrons. The zero-order valence-electron chi connectivity index (χ0n) is 8.71. The van der Waals surface area contributed by atoms with E-state index < -0.39 is 9.52 Å². The van der Waals surface area contributed by atoms with E-state index in [-0.39, 0.29) is 0 Å². The van der Waals surface area contributed by atoms with Crippen molar-refractivity contribution in [3.05, 3.63) is 0 Å². The minimum absolute atomic E-state index is 0.601. The number of hydrogen-bond donors (Lipinski definition) is 1. The van der Waals surface area contributed by atoms with Crippen molar-refractivity contribution in [2.75, 3.05) is 24.6 Å². The highest BCUT2D eigenvalue weighted by atomic mass is 32.2. The number of nitrogens with one attached hydrogen (secondary N) is 1. The molecule has 1 fully saturated rings. The van der Waals surface area contributed by atoms with Gasteiger partial charge in [-0.15, -0.1) is 0 Å². The Kier molecular flexibility index (Phi) is 3.80. The van der Waals surface area contributed by atoms with E-state index in [1.165, 1.54) is 0 Å². The molecule has 2 unspecified atom stereocenters. The molecule has 0 aromatic rings. The third kappa shape index (κ3) is 4.14. The van der Waals surface area contributed by atoms with E-state index >= 15 is 0 Å². The van der Waals surface area contributed by atoms with Gasteiger partial charge in [-0.1, -0.05) is 13.8 Å². The van der Waals surface area contributed by atoms with Crippen LogP contribution in [0.15, 0.2) is 0 Å². The van der Waals surface area contributed by atoms with Crippen LogP contribution in [0.1, 0.15) is 20.3 Å². The van der Waals surface area contributed by atoms with E-state index in [1.54, 1.807) is 0 Å². The van der Waals surface area contributed by atoms with Gasteiger partial charge in [0.25, 0.3) is 0 Å². The van der Waals surface area contributed by atoms with Crippen molar-refractivity contribution in [3.63, 3.8) is 0 Å². The van der Waals surface area contributed by atoms with Crippen LogP contribution in [0.5, 0.6) is 0 Å². The fourth-order valence-corrected chi connectivity index (χ4v) is 3.79. The van der Waals surface area contributed by atoms with Gasteiger partial charge in [0.05, 0.1) is 0 Å². The van der Waals surface area contributed by atoms with E-state index in [4.69, 9.17) is 0 Å². The predicted molar refractivity (Wildman–Crippen MR) is 60.8 cm³/mol. The molecular weight excluding hydrogens is 182 g/mol. The van der Waals surface area contributed by atoms with Crippen LogP contribution in [0.3, 0.4) is 0 Å². The zero-order chi connectivity index (χ0) is 9.90. The molecule has 0 aromatic heterocycles. The van der Waals surface area contributed by atoms with Crippen LogP contribution in [0.2, 0.25) is 0 Å². The summed E-state index contributed by atoms with van der Waals surface area (Å²) in [4.78, 5) is 0. The lowest BCUT2D eigenvalue weighted by Crippen LogP contribution is -2.26. The monoisotopic (exact) mass is 203 g/mol. The van der Waals surface area contributed by atoms with Gasteiger partial charge in [-0.2, -0.15) is 0 Å². The van der Waals surface area contributed by atoms with Gasteiger partial charge in [0.2, 0.25) is 0 Å². The second kappa shape index (κ2) is 4.47. The highest BCUT2D eigenvalue weighted by molar-refractivity contribution is 8.00. The van der Waals surface area contributed by atoms with Crippen molar-refractivity contribution in [1.82, 2.24) is 5.32 Å². The first-order valence-electron chi connectivity index (χ1n) is 5.03. The normalized spacial score (nSPS) is 34.2. The maximum absolute atomic E-state index is 11.6. The third-order valence-electron chi connectivity index (χ3n) is 2.42. The van der Waals surface area contributed by atoms with E-state index in [1.807, 2.05) is 0 Å². The molecule has 1 rings (SSSR count). The average Bonchev–Trinajstić information content (AvgIpc) is 2.29. The first-order chi connectivity index (χ1) is 5.99. The van der Waals surface area contributed by atoms with Gasteiger partial charge in [-0.3, -0.25) is 4.21 Å². The quantitative estimate of drug-likeness (QED) is 0.690. The van der Waals surface area contributed by atoms with E-state index in [9.17, 15) is 4.21 Å². The molecule has 3 heteroatoms. The molecule has 1 aliphatic rings. The lowest BCUT2D eigenvalue weighted by molar-refractivity contribution is 0.481. The fourth-order valence-electron chi connectivity index (χ4n) is 1.71. The molecule has 0 bridgehead atoms. The lowest BCUT2D eigenvalue weighted by atomic mass is 10.1. The average molecular weight is 203 g/mol. The summed E-state index contributed by atoms with van der Waals surface area (Å²) >= 11 is 0. The van der Waals surface area contributed by atoms with Gasteiger partial charge < -0.3 is 5.32 Å². The first kappa shape index (κ1) is 11.1. The summed E-state index contributed by atoms with van der Waals surface area (Å²) in [6.07, 6.45) is 1.09. The van der Waals surface area contributed by atoms with E-state index in [2.05, 4.69) is 25.0 Å². The van der Waals surface area contributed by atoms with Crippen LogP contribution in [-0.2, 0) is 9.52 Å². The van der Waals surface area contributed by atoms with Gasteiger partial charge >= 0.3 is 0 Å². The largest absolute Gasteiger partial charge is 0.316 e. The molecule has 0 amide bonds. The van der Waals surface area contributed by atoms with Crippen LogP contribution in [0, 0.1) is 11.8 Å². The van der Waals surface area contributed by atoms with E-state index in [0.717, 1.165) is 31.0 Å². The Hall–Kier alpha value is -0.0200. The van der Waals surface area contributed by atoms with Gasteiger partial charge in [0.15, 0.2) is 0 Å². The summed E-state index contributed by atoms with van der Waals surface area (Å²) in [5.41, 5.74) is 0. The van der Waals surface area contributed by atoms with Crippen molar-refractivity contribution >= 4 is 15.4 Å². The molecule has 1 heterocycles. The van der Waals surface area contributed by atoms with Gasteiger partial charge in [0.1, 0.15) is 0 Å². The highest BCUT2D eigenvalue weighted by Crippen LogP contribution is 2.17. The molecule has 0 spiro atoms. The molecule has 0 aromatic carbocycles. The van der Waals surface area contributed by atoms with Gasteiger partial charge in [0, 0.05) is 11.5 Å². The Morgan fingerprint density at radius 1 is 1.62 bits per heavy atom. The Bertz CT molecular complexity index is 244. The number of hydrogen-bond acceptors (Lipinski definition) is 2. The maximum atomic E-state index is 11.6. The molecule has 0 saturated carbocycles. The van der Waals surface area contributed by atoms with Crippen molar-refractivity contribution in [2.24, 2.45) is 11.8 Å². The van der Waals surface area contributed by atoms with Crippen molar-refractivity contribution in [2.45, 2.75) is 20.3 Å². The maximum Gasteiger partial charge on any atom is 0.0199 e. The molecule has 13 heavy (non-hydrogen) atoms. The number of rotatable bonds is 4. The van der Waals surface area contributed by atoms with E-state index in [0.29, 0.717) is 11.8 Å². The second-order valence-electron chi connectivity index (χ2n) is 4.54. The van der Waals surface area contributed by atoms with Crippen LogP contribution < -0.4 is 5.32 Å². The first-order valence-corrected chi connectivity index (χ1v) is 7.09. The molecule has 0 aliphatic carbocycles. The highest BCUT2D eigenvalue weighted by Gasteiger charge is 2.22. The Labute approximate surface area is 82.1 Å². The third-order valence-corrected chi connectivity index (χ3v) is 4.48.